The fraction of sp³-hybridized carbons (Fsp3) is 0.278. The van der Waals surface area contributed by atoms with E-state index in [0.717, 1.165) is 5.69 Å². The molecule has 4 nitrogen and oxygen atoms in total. The molecule has 0 saturated heterocycles. The van der Waals surface area contributed by atoms with Crippen LogP contribution in [0.5, 0.6) is 5.75 Å². The second kappa shape index (κ2) is 7.77. The van der Waals surface area contributed by atoms with Gasteiger partial charge in [0, 0.05) is 21.9 Å². The minimum Gasteiger partial charge on any atom is -0.482 e. The molecule has 2 N–H and O–H groups in total. The molecule has 0 spiro atoms. The first kappa shape index (κ1) is 18.4. The minimum absolute atomic E-state index is 0.0174. The summed E-state index contributed by atoms with van der Waals surface area (Å²) in [5, 5.41) is 7.01. The van der Waals surface area contributed by atoms with Gasteiger partial charge >= 0.3 is 0 Å². The molecule has 128 valence electrons. The number of rotatable bonds is 5. The average molecular weight is 367 g/mol. The molecule has 0 saturated carbocycles. The number of hydrogen-bond donors (Lipinski definition) is 2. The highest BCUT2D eigenvalue weighted by Crippen LogP contribution is 2.27. The first-order valence-corrected chi connectivity index (χ1v) is 8.24. The Morgan fingerprint density at radius 2 is 1.67 bits per heavy atom. The molecule has 2 rings (SSSR count). The molecule has 0 aliphatic heterocycles. The summed E-state index contributed by atoms with van der Waals surface area (Å²) in [6.07, 6.45) is 0. The standard InChI is InChI=1S/C18H20Cl2N2O2/c1-18(2,3)22-14-7-5-13(6-8-14)21-17(23)11-24-16-9-4-12(19)10-15(16)20/h4-10,22H,11H2,1-3H3,(H,21,23). The molecule has 2 aromatic carbocycles. The summed E-state index contributed by atoms with van der Waals surface area (Å²) in [4.78, 5) is 12.0. The third-order valence-corrected chi connectivity index (χ3v) is 3.47. The molecule has 0 fully saturated rings. The van der Waals surface area contributed by atoms with Crippen LogP contribution >= 0.6 is 23.2 Å². The molecule has 2 aromatic rings. The summed E-state index contributed by atoms with van der Waals surface area (Å²) in [5.41, 5.74) is 1.67. The van der Waals surface area contributed by atoms with Crippen LogP contribution in [-0.2, 0) is 4.79 Å². The highest BCUT2D eigenvalue weighted by molar-refractivity contribution is 6.35. The van der Waals surface area contributed by atoms with Gasteiger partial charge in [0.2, 0.25) is 0 Å². The number of ether oxygens (including phenoxy) is 1. The zero-order valence-corrected chi connectivity index (χ0v) is 15.3. The summed E-state index contributed by atoms with van der Waals surface area (Å²) in [6.45, 7) is 6.12. The Morgan fingerprint density at radius 3 is 2.25 bits per heavy atom. The van der Waals surface area contributed by atoms with Crippen molar-refractivity contribution >= 4 is 40.5 Å². The highest BCUT2D eigenvalue weighted by atomic mass is 35.5. The number of carbonyl (C=O) groups is 1. The van der Waals surface area contributed by atoms with E-state index in [0.29, 0.717) is 21.5 Å². The van der Waals surface area contributed by atoms with Crippen LogP contribution in [0.1, 0.15) is 20.8 Å². The van der Waals surface area contributed by atoms with Crippen molar-refractivity contribution in [2.24, 2.45) is 0 Å². The number of benzene rings is 2. The van der Waals surface area contributed by atoms with Gasteiger partial charge < -0.3 is 15.4 Å². The number of carbonyl (C=O) groups excluding carboxylic acids is 1. The van der Waals surface area contributed by atoms with Crippen molar-refractivity contribution in [2.45, 2.75) is 26.3 Å². The van der Waals surface area contributed by atoms with Crippen LogP contribution in [0, 0.1) is 0 Å². The largest absolute Gasteiger partial charge is 0.482 e. The zero-order valence-electron chi connectivity index (χ0n) is 13.8. The number of amides is 1. The number of hydrogen-bond acceptors (Lipinski definition) is 3. The quantitative estimate of drug-likeness (QED) is 0.762. The van der Waals surface area contributed by atoms with Gasteiger partial charge in [-0.25, -0.2) is 0 Å². The van der Waals surface area contributed by atoms with E-state index in [9.17, 15) is 4.79 Å². The maximum absolute atomic E-state index is 12.0. The number of halogens is 2. The summed E-state index contributed by atoms with van der Waals surface area (Å²) < 4.78 is 5.40. The molecule has 0 bridgehead atoms. The molecule has 0 aliphatic rings. The van der Waals surface area contributed by atoms with Crippen molar-refractivity contribution in [3.8, 4) is 5.75 Å². The Kier molecular flexibility index (Phi) is 5.97. The lowest BCUT2D eigenvalue weighted by atomic mass is 10.1. The molecule has 1 amide bonds. The molecule has 0 unspecified atom stereocenters. The van der Waals surface area contributed by atoms with Crippen LogP contribution in [-0.4, -0.2) is 18.1 Å². The van der Waals surface area contributed by atoms with Crippen molar-refractivity contribution in [3.63, 3.8) is 0 Å². The second-order valence-corrected chi connectivity index (χ2v) is 7.21. The maximum Gasteiger partial charge on any atom is 0.262 e. The van der Waals surface area contributed by atoms with E-state index in [1.807, 2.05) is 24.3 Å². The van der Waals surface area contributed by atoms with Crippen molar-refractivity contribution < 1.29 is 9.53 Å². The van der Waals surface area contributed by atoms with Gasteiger partial charge in [-0.1, -0.05) is 23.2 Å². The van der Waals surface area contributed by atoms with E-state index in [4.69, 9.17) is 27.9 Å². The molecular weight excluding hydrogens is 347 g/mol. The zero-order chi connectivity index (χ0) is 17.7. The molecular formula is C18H20Cl2N2O2. The van der Waals surface area contributed by atoms with Crippen molar-refractivity contribution in [3.05, 3.63) is 52.5 Å². The van der Waals surface area contributed by atoms with Gasteiger partial charge in [0.1, 0.15) is 5.75 Å². The van der Waals surface area contributed by atoms with Gasteiger partial charge in [-0.2, -0.15) is 0 Å². The fourth-order valence-corrected chi connectivity index (χ4v) is 2.47. The van der Waals surface area contributed by atoms with Gasteiger partial charge in [0.15, 0.2) is 6.61 Å². The molecule has 0 aromatic heterocycles. The van der Waals surface area contributed by atoms with Crippen LogP contribution in [0.2, 0.25) is 10.0 Å². The van der Waals surface area contributed by atoms with Crippen molar-refractivity contribution in [1.82, 2.24) is 0 Å². The predicted octanol–water partition coefficient (Wildman–Crippen LogP) is 5.22. The lowest BCUT2D eigenvalue weighted by Crippen LogP contribution is -2.26. The van der Waals surface area contributed by atoms with Crippen LogP contribution in [0.3, 0.4) is 0 Å². The topological polar surface area (TPSA) is 50.4 Å². The van der Waals surface area contributed by atoms with Crippen molar-refractivity contribution in [2.75, 3.05) is 17.2 Å². The van der Waals surface area contributed by atoms with Gasteiger partial charge in [-0.3, -0.25) is 4.79 Å². The Balaban J connectivity index is 1.88. The number of nitrogens with one attached hydrogen (secondary N) is 2. The van der Waals surface area contributed by atoms with E-state index in [-0.39, 0.29) is 18.1 Å². The van der Waals surface area contributed by atoms with Gasteiger partial charge in [0.05, 0.1) is 5.02 Å². The SMILES string of the molecule is CC(C)(C)Nc1ccc(NC(=O)COc2ccc(Cl)cc2Cl)cc1. The number of anilines is 2. The van der Waals surface area contributed by atoms with Gasteiger partial charge in [-0.05, 0) is 63.2 Å². The van der Waals surface area contributed by atoms with Crippen LogP contribution in [0.4, 0.5) is 11.4 Å². The third-order valence-electron chi connectivity index (χ3n) is 2.94. The molecule has 6 heteroatoms. The maximum atomic E-state index is 12.0. The summed E-state index contributed by atoms with van der Waals surface area (Å²) in [7, 11) is 0. The Labute approximate surface area is 152 Å². The van der Waals surface area contributed by atoms with Crippen LogP contribution in [0.15, 0.2) is 42.5 Å². The summed E-state index contributed by atoms with van der Waals surface area (Å²) in [5.74, 6) is 0.151. The van der Waals surface area contributed by atoms with Crippen LogP contribution < -0.4 is 15.4 Å². The lowest BCUT2D eigenvalue weighted by Gasteiger charge is -2.22. The van der Waals surface area contributed by atoms with E-state index in [1.54, 1.807) is 18.2 Å². The van der Waals surface area contributed by atoms with E-state index in [1.165, 1.54) is 0 Å². The smallest absolute Gasteiger partial charge is 0.262 e. The van der Waals surface area contributed by atoms with Gasteiger partial charge in [-0.15, -0.1) is 0 Å². The van der Waals surface area contributed by atoms with Crippen molar-refractivity contribution in [1.29, 1.82) is 0 Å². The normalized spacial score (nSPS) is 11.0. The van der Waals surface area contributed by atoms with E-state index in [2.05, 4.69) is 31.4 Å². The molecule has 24 heavy (non-hydrogen) atoms. The summed E-state index contributed by atoms with van der Waals surface area (Å²) >= 11 is 11.8. The Bertz CT molecular complexity index is 710. The molecule has 0 aliphatic carbocycles. The highest BCUT2D eigenvalue weighted by Gasteiger charge is 2.10. The second-order valence-electron chi connectivity index (χ2n) is 6.36. The fourth-order valence-electron chi connectivity index (χ4n) is 2.00. The Morgan fingerprint density at radius 1 is 1.04 bits per heavy atom. The molecule has 0 heterocycles. The van der Waals surface area contributed by atoms with Gasteiger partial charge in [0.25, 0.3) is 5.91 Å². The molecule has 0 radical (unpaired) electrons. The average Bonchev–Trinajstić information content (AvgIpc) is 2.47. The first-order chi connectivity index (χ1) is 11.2. The Hall–Kier alpha value is -1.91. The first-order valence-electron chi connectivity index (χ1n) is 7.49. The minimum atomic E-state index is -0.266. The third kappa shape index (κ3) is 5.95. The lowest BCUT2D eigenvalue weighted by molar-refractivity contribution is -0.118. The monoisotopic (exact) mass is 366 g/mol. The van der Waals surface area contributed by atoms with E-state index >= 15 is 0 Å². The summed E-state index contributed by atoms with van der Waals surface area (Å²) in [6, 6.07) is 12.3. The molecule has 0 atom stereocenters. The van der Waals surface area contributed by atoms with E-state index < -0.39 is 0 Å². The predicted molar refractivity (Wildman–Crippen MR) is 100 cm³/mol. The van der Waals surface area contributed by atoms with Crippen LogP contribution in [0.25, 0.3) is 0 Å².